The van der Waals surface area contributed by atoms with Gasteiger partial charge in [-0.25, -0.2) is 0 Å². The minimum atomic E-state index is 0.708. The van der Waals surface area contributed by atoms with E-state index in [9.17, 15) is 0 Å². The van der Waals surface area contributed by atoms with Crippen molar-refractivity contribution in [2.24, 2.45) is 0 Å². The van der Waals surface area contributed by atoms with Crippen molar-refractivity contribution < 1.29 is 4.74 Å². The van der Waals surface area contributed by atoms with Gasteiger partial charge in [0.2, 0.25) is 0 Å². The van der Waals surface area contributed by atoms with Gasteiger partial charge >= 0.3 is 0 Å². The van der Waals surface area contributed by atoms with Crippen molar-refractivity contribution >= 4 is 14.7 Å². The van der Waals surface area contributed by atoms with Crippen LogP contribution in [0.2, 0.25) is 6.04 Å². The topological polar surface area (TPSA) is 35.0 Å². The van der Waals surface area contributed by atoms with Crippen molar-refractivity contribution in [2.75, 3.05) is 13.2 Å². The highest BCUT2D eigenvalue weighted by atomic mass is 28.2. The summed E-state index contributed by atoms with van der Waals surface area (Å²) in [6, 6.07) is 9.18. The Morgan fingerprint density at radius 2 is 2.16 bits per heavy atom. The molecular weight excluding hydrogens is 252 g/mol. The highest BCUT2D eigenvalue weighted by molar-refractivity contribution is 6.55. The van der Waals surface area contributed by atoms with Gasteiger partial charge in [0.15, 0.2) is 0 Å². The summed E-state index contributed by atoms with van der Waals surface area (Å²) in [6.45, 7) is 5.69. The molecule has 0 aliphatic heterocycles. The quantitative estimate of drug-likeness (QED) is 0.596. The molecule has 2 heterocycles. The molecule has 2 rings (SSSR count). The third-order valence-corrected chi connectivity index (χ3v) is 3.91. The zero-order valence-corrected chi connectivity index (χ0v) is 12.4. The molecule has 0 saturated heterocycles. The first kappa shape index (κ1) is 13.9. The Labute approximate surface area is 116 Å². The molecule has 0 aromatic carbocycles. The molecule has 0 aliphatic carbocycles. The van der Waals surface area contributed by atoms with Gasteiger partial charge in [0, 0.05) is 25.6 Å². The van der Waals surface area contributed by atoms with Crippen LogP contribution in [0, 0.1) is 6.92 Å². The normalized spacial score (nSPS) is 10.6. The van der Waals surface area contributed by atoms with Crippen LogP contribution < -0.4 is 5.19 Å². The van der Waals surface area contributed by atoms with Crippen molar-refractivity contribution in [3.05, 3.63) is 42.2 Å². The summed E-state index contributed by atoms with van der Waals surface area (Å²) in [5.74, 6) is 0. The Morgan fingerprint density at radius 3 is 2.89 bits per heavy atom. The van der Waals surface area contributed by atoms with Gasteiger partial charge in [-0.3, -0.25) is 9.97 Å². The van der Waals surface area contributed by atoms with Gasteiger partial charge in [-0.1, -0.05) is 12.1 Å². The Hall–Kier alpha value is -1.52. The van der Waals surface area contributed by atoms with Crippen molar-refractivity contribution in [3.8, 4) is 11.4 Å². The van der Waals surface area contributed by atoms with Crippen LogP contribution in [-0.2, 0) is 4.74 Å². The molecular formula is C15H18N2OSi. The van der Waals surface area contributed by atoms with Gasteiger partial charge in [0.05, 0.1) is 20.9 Å². The Morgan fingerprint density at radius 1 is 1.26 bits per heavy atom. The number of rotatable bonds is 6. The number of hydrogen-bond donors (Lipinski definition) is 0. The van der Waals surface area contributed by atoms with Crippen molar-refractivity contribution in [1.82, 2.24) is 9.97 Å². The van der Waals surface area contributed by atoms with E-state index in [4.69, 9.17) is 4.74 Å². The molecule has 0 saturated carbocycles. The van der Waals surface area contributed by atoms with Crippen molar-refractivity contribution in [2.45, 2.75) is 19.9 Å². The first-order chi connectivity index (χ1) is 9.31. The Balaban J connectivity index is 2.18. The average Bonchev–Trinajstić information content (AvgIpc) is 2.45. The van der Waals surface area contributed by atoms with Crippen LogP contribution in [0.25, 0.3) is 11.4 Å². The number of hydrogen-bond acceptors (Lipinski definition) is 3. The first-order valence-electron chi connectivity index (χ1n) is 6.51. The first-order valence-corrected chi connectivity index (χ1v) is 7.71. The lowest BCUT2D eigenvalue weighted by atomic mass is 10.2. The van der Waals surface area contributed by atoms with Gasteiger partial charge in [0.25, 0.3) is 0 Å². The van der Waals surface area contributed by atoms with Gasteiger partial charge in [-0.2, -0.15) is 0 Å². The fraction of sp³-hybridized carbons (Fsp3) is 0.333. The van der Waals surface area contributed by atoms with E-state index in [-0.39, 0.29) is 0 Å². The zero-order chi connectivity index (χ0) is 13.5. The van der Waals surface area contributed by atoms with E-state index in [1.807, 2.05) is 37.5 Å². The van der Waals surface area contributed by atoms with Crippen LogP contribution in [0.15, 0.2) is 36.7 Å². The molecule has 0 N–H and O–H groups in total. The minimum absolute atomic E-state index is 0.708. The van der Waals surface area contributed by atoms with Gasteiger partial charge in [-0.05, 0) is 42.8 Å². The fourth-order valence-corrected chi connectivity index (χ4v) is 3.02. The molecule has 0 spiro atoms. The molecule has 0 atom stereocenters. The van der Waals surface area contributed by atoms with E-state index in [0.29, 0.717) is 9.52 Å². The van der Waals surface area contributed by atoms with Crippen LogP contribution in [0.4, 0.5) is 0 Å². The van der Waals surface area contributed by atoms with E-state index in [1.54, 1.807) is 0 Å². The summed E-state index contributed by atoms with van der Waals surface area (Å²) in [7, 11) is 0.708. The molecule has 2 aromatic heterocycles. The summed E-state index contributed by atoms with van der Waals surface area (Å²) in [5, 5.41) is 1.28. The van der Waals surface area contributed by atoms with Gasteiger partial charge in [0.1, 0.15) is 0 Å². The number of ether oxygens (including phenoxy) is 1. The van der Waals surface area contributed by atoms with Crippen LogP contribution in [0.5, 0.6) is 0 Å². The maximum absolute atomic E-state index is 5.40. The SMILES string of the molecule is CCOCC[Si]c1cc(C)cnc1-c1ccccn1. The molecule has 2 radical (unpaired) electrons. The Kier molecular flexibility index (Phi) is 5.24. The summed E-state index contributed by atoms with van der Waals surface area (Å²) in [5.41, 5.74) is 3.14. The maximum Gasteiger partial charge on any atom is 0.0884 e. The van der Waals surface area contributed by atoms with Crippen LogP contribution in [-0.4, -0.2) is 32.7 Å². The van der Waals surface area contributed by atoms with Gasteiger partial charge < -0.3 is 4.74 Å². The van der Waals surface area contributed by atoms with E-state index in [1.165, 1.54) is 10.8 Å². The monoisotopic (exact) mass is 270 g/mol. The minimum Gasteiger partial charge on any atom is -0.382 e. The number of aryl methyl sites for hydroxylation is 1. The highest BCUT2D eigenvalue weighted by Gasteiger charge is 2.08. The molecule has 98 valence electrons. The van der Waals surface area contributed by atoms with Crippen LogP contribution >= 0.6 is 0 Å². The summed E-state index contributed by atoms with van der Waals surface area (Å²) < 4.78 is 5.40. The van der Waals surface area contributed by atoms with Crippen LogP contribution in [0.1, 0.15) is 12.5 Å². The van der Waals surface area contributed by atoms with Crippen molar-refractivity contribution in [3.63, 3.8) is 0 Å². The lowest BCUT2D eigenvalue weighted by Gasteiger charge is -2.08. The maximum atomic E-state index is 5.40. The molecule has 0 bridgehead atoms. The molecule has 0 aliphatic rings. The fourth-order valence-electron chi connectivity index (χ4n) is 1.81. The largest absolute Gasteiger partial charge is 0.382 e. The third kappa shape index (κ3) is 3.97. The lowest BCUT2D eigenvalue weighted by Crippen LogP contribution is -2.20. The standard InChI is InChI=1S/C15H18N2OSi/c1-3-18-8-9-19-14-10-12(2)11-17-15(14)13-6-4-5-7-16-13/h4-7,10-11H,3,8-9H2,1-2H3. The Bertz CT molecular complexity index is 517. The highest BCUT2D eigenvalue weighted by Crippen LogP contribution is 2.11. The molecule has 0 unspecified atom stereocenters. The molecule has 0 amide bonds. The molecule has 3 nitrogen and oxygen atoms in total. The summed E-state index contributed by atoms with van der Waals surface area (Å²) in [4.78, 5) is 8.95. The van der Waals surface area contributed by atoms with E-state index < -0.39 is 0 Å². The van der Waals surface area contributed by atoms with Crippen LogP contribution in [0.3, 0.4) is 0 Å². The molecule has 0 fully saturated rings. The lowest BCUT2D eigenvalue weighted by molar-refractivity contribution is 0.162. The second-order valence-electron chi connectivity index (χ2n) is 4.25. The summed E-state index contributed by atoms with van der Waals surface area (Å²) in [6.07, 6.45) is 3.71. The predicted octanol–water partition coefficient (Wildman–Crippen LogP) is 2.24. The smallest absolute Gasteiger partial charge is 0.0884 e. The summed E-state index contributed by atoms with van der Waals surface area (Å²) >= 11 is 0. The molecule has 4 heteroatoms. The van der Waals surface area contributed by atoms with E-state index >= 15 is 0 Å². The molecule has 19 heavy (non-hydrogen) atoms. The van der Waals surface area contributed by atoms with Crippen molar-refractivity contribution in [1.29, 1.82) is 0 Å². The number of aromatic nitrogens is 2. The number of pyridine rings is 2. The second kappa shape index (κ2) is 7.16. The van der Waals surface area contributed by atoms with Gasteiger partial charge in [-0.15, -0.1) is 0 Å². The third-order valence-electron chi connectivity index (χ3n) is 2.70. The van der Waals surface area contributed by atoms with E-state index in [0.717, 1.165) is 30.6 Å². The zero-order valence-electron chi connectivity index (χ0n) is 11.4. The molecule has 2 aromatic rings. The van der Waals surface area contributed by atoms with E-state index in [2.05, 4.69) is 23.0 Å². The second-order valence-corrected chi connectivity index (χ2v) is 5.64. The predicted molar refractivity (Wildman–Crippen MR) is 78.9 cm³/mol. The average molecular weight is 270 g/mol. The number of nitrogens with zero attached hydrogens (tertiary/aromatic N) is 2.